The molecule has 0 bridgehead atoms. The summed E-state index contributed by atoms with van der Waals surface area (Å²) >= 11 is 0. The highest BCUT2D eigenvalue weighted by Gasteiger charge is 2.23. The third kappa shape index (κ3) is 2.30. The molecule has 0 aromatic heterocycles. The fourth-order valence-electron chi connectivity index (χ4n) is 2.66. The molecule has 1 unspecified atom stereocenters. The molecule has 0 aliphatic heterocycles. The lowest BCUT2D eigenvalue weighted by atomic mass is 9.77. The minimum Gasteiger partial charge on any atom is -0.313 e. The van der Waals surface area contributed by atoms with Gasteiger partial charge in [0.05, 0.1) is 0 Å². The Labute approximate surface area is 99.3 Å². The van der Waals surface area contributed by atoms with Gasteiger partial charge in [0, 0.05) is 6.04 Å². The van der Waals surface area contributed by atoms with E-state index in [0.29, 0.717) is 6.04 Å². The van der Waals surface area contributed by atoms with Crippen LogP contribution in [0.4, 0.5) is 0 Å². The monoisotopic (exact) mass is 217 g/mol. The fourth-order valence-corrected chi connectivity index (χ4v) is 2.66. The van der Waals surface area contributed by atoms with Crippen LogP contribution in [0.25, 0.3) is 0 Å². The van der Waals surface area contributed by atoms with Crippen LogP contribution in [-0.4, -0.2) is 7.05 Å². The molecular weight excluding hydrogens is 194 g/mol. The van der Waals surface area contributed by atoms with E-state index in [4.69, 9.17) is 0 Å². The van der Waals surface area contributed by atoms with Crippen LogP contribution in [0.2, 0.25) is 0 Å². The molecule has 1 atom stereocenters. The van der Waals surface area contributed by atoms with Crippen LogP contribution in [0.3, 0.4) is 0 Å². The van der Waals surface area contributed by atoms with Crippen molar-refractivity contribution in [3.05, 3.63) is 35.4 Å². The molecule has 0 heterocycles. The number of benzene rings is 1. The highest BCUT2D eigenvalue weighted by Crippen LogP contribution is 2.39. The zero-order valence-corrected chi connectivity index (χ0v) is 10.5. The van der Waals surface area contributed by atoms with Gasteiger partial charge in [-0.3, -0.25) is 0 Å². The molecule has 1 aliphatic carbocycles. The Bertz CT molecular complexity index is 328. The highest BCUT2D eigenvalue weighted by molar-refractivity contribution is 5.34. The van der Waals surface area contributed by atoms with Crippen molar-refractivity contribution in [3.8, 4) is 0 Å². The average Bonchev–Trinajstić information content (AvgIpc) is 2.25. The Morgan fingerprint density at radius 2 is 2.06 bits per heavy atom. The van der Waals surface area contributed by atoms with Crippen molar-refractivity contribution < 1.29 is 0 Å². The minimum atomic E-state index is 0.543. The van der Waals surface area contributed by atoms with E-state index in [-0.39, 0.29) is 0 Å². The smallest absolute Gasteiger partial charge is 0.0320 e. The Hall–Kier alpha value is -0.820. The zero-order chi connectivity index (χ0) is 11.4. The number of nitrogens with one attached hydrogen (secondary N) is 1. The molecule has 1 aromatic rings. The van der Waals surface area contributed by atoms with Crippen LogP contribution in [-0.2, 0) is 0 Å². The van der Waals surface area contributed by atoms with Crippen molar-refractivity contribution in [2.24, 2.45) is 0 Å². The summed E-state index contributed by atoms with van der Waals surface area (Å²) in [5, 5.41) is 3.46. The molecule has 1 fully saturated rings. The second-order valence-electron chi connectivity index (χ2n) is 4.89. The van der Waals surface area contributed by atoms with Crippen LogP contribution in [0.5, 0.6) is 0 Å². The van der Waals surface area contributed by atoms with Gasteiger partial charge in [0.2, 0.25) is 0 Å². The standard InChI is InChI=1S/C15H23N/c1-3-7-15(16-2)14-11-5-4-10-13(14)12-8-6-9-12/h4-5,10-12,15-16H,3,6-9H2,1-2H3. The van der Waals surface area contributed by atoms with Gasteiger partial charge in [0.1, 0.15) is 0 Å². The molecule has 0 amide bonds. The van der Waals surface area contributed by atoms with E-state index in [0.717, 1.165) is 5.92 Å². The zero-order valence-electron chi connectivity index (χ0n) is 10.5. The van der Waals surface area contributed by atoms with Gasteiger partial charge in [-0.15, -0.1) is 0 Å². The molecule has 1 aliphatic rings. The summed E-state index contributed by atoms with van der Waals surface area (Å²) in [5.74, 6) is 0.837. The lowest BCUT2D eigenvalue weighted by Gasteiger charge is -2.30. The summed E-state index contributed by atoms with van der Waals surface area (Å²) < 4.78 is 0. The van der Waals surface area contributed by atoms with Gasteiger partial charge in [-0.2, -0.15) is 0 Å². The fraction of sp³-hybridized carbons (Fsp3) is 0.600. The first kappa shape index (κ1) is 11.7. The van der Waals surface area contributed by atoms with Crippen LogP contribution in [0.15, 0.2) is 24.3 Å². The molecular formula is C15H23N. The molecule has 1 aromatic carbocycles. The molecule has 1 nitrogen and oxygen atoms in total. The molecule has 0 radical (unpaired) electrons. The van der Waals surface area contributed by atoms with Crippen LogP contribution < -0.4 is 5.32 Å². The van der Waals surface area contributed by atoms with Crippen molar-refractivity contribution in [2.75, 3.05) is 7.05 Å². The summed E-state index contributed by atoms with van der Waals surface area (Å²) in [5.41, 5.74) is 3.14. The lowest BCUT2D eigenvalue weighted by Crippen LogP contribution is -2.20. The molecule has 2 rings (SSSR count). The summed E-state index contributed by atoms with van der Waals surface area (Å²) in [6.45, 7) is 2.26. The van der Waals surface area contributed by atoms with Gasteiger partial charge in [-0.25, -0.2) is 0 Å². The molecule has 0 spiro atoms. The van der Waals surface area contributed by atoms with Gasteiger partial charge in [-0.05, 0) is 43.4 Å². The second-order valence-corrected chi connectivity index (χ2v) is 4.89. The molecule has 88 valence electrons. The first-order chi connectivity index (χ1) is 7.86. The first-order valence-corrected chi connectivity index (χ1v) is 6.63. The van der Waals surface area contributed by atoms with E-state index < -0.39 is 0 Å². The summed E-state index contributed by atoms with van der Waals surface area (Å²) in [7, 11) is 2.08. The molecule has 0 saturated heterocycles. The topological polar surface area (TPSA) is 12.0 Å². The predicted octanol–water partition coefficient (Wildman–Crippen LogP) is 4.01. The average molecular weight is 217 g/mol. The highest BCUT2D eigenvalue weighted by atomic mass is 14.9. The Kier molecular flexibility index (Phi) is 4.00. The van der Waals surface area contributed by atoms with E-state index >= 15 is 0 Å². The number of hydrogen-bond acceptors (Lipinski definition) is 1. The molecule has 16 heavy (non-hydrogen) atoms. The number of hydrogen-bond donors (Lipinski definition) is 1. The maximum absolute atomic E-state index is 3.46. The van der Waals surface area contributed by atoms with Gasteiger partial charge < -0.3 is 5.32 Å². The van der Waals surface area contributed by atoms with Gasteiger partial charge in [0.25, 0.3) is 0 Å². The SMILES string of the molecule is CCCC(NC)c1ccccc1C1CCC1. The first-order valence-electron chi connectivity index (χ1n) is 6.63. The van der Waals surface area contributed by atoms with Crippen LogP contribution in [0.1, 0.15) is 62.1 Å². The van der Waals surface area contributed by atoms with Crippen molar-refractivity contribution in [1.82, 2.24) is 5.32 Å². The van der Waals surface area contributed by atoms with Crippen LogP contribution in [0, 0.1) is 0 Å². The lowest BCUT2D eigenvalue weighted by molar-refractivity contribution is 0.411. The largest absolute Gasteiger partial charge is 0.313 e. The van der Waals surface area contributed by atoms with E-state index in [9.17, 15) is 0 Å². The number of rotatable bonds is 5. The van der Waals surface area contributed by atoms with Crippen molar-refractivity contribution in [1.29, 1.82) is 0 Å². The Morgan fingerprint density at radius 1 is 1.31 bits per heavy atom. The maximum Gasteiger partial charge on any atom is 0.0320 e. The second kappa shape index (κ2) is 5.49. The summed E-state index contributed by atoms with van der Waals surface area (Å²) in [4.78, 5) is 0. The quantitative estimate of drug-likeness (QED) is 0.785. The third-order valence-electron chi connectivity index (χ3n) is 3.84. The van der Waals surface area contributed by atoms with Gasteiger partial charge >= 0.3 is 0 Å². The Morgan fingerprint density at radius 3 is 2.62 bits per heavy atom. The molecule has 1 heteroatoms. The normalized spacial score (nSPS) is 18.1. The van der Waals surface area contributed by atoms with E-state index in [2.05, 4.69) is 43.6 Å². The van der Waals surface area contributed by atoms with Crippen LogP contribution >= 0.6 is 0 Å². The maximum atomic E-state index is 3.46. The van der Waals surface area contributed by atoms with E-state index in [1.165, 1.54) is 37.7 Å². The van der Waals surface area contributed by atoms with E-state index in [1.54, 1.807) is 5.56 Å². The Balaban J connectivity index is 2.23. The molecule has 1 saturated carbocycles. The molecule has 1 N–H and O–H groups in total. The van der Waals surface area contributed by atoms with Crippen molar-refractivity contribution in [3.63, 3.8) is 0 Å². The summed E-state index contributed by atoms with van der Waals surface area (Å²) in [6.07, 6.45) is 6.67. The van der Waals surface area contributed by atoms with E-state index in [1.807, 2.05) is 0 Å². The van der Waals surface area contributed by atoms with Gasteiger partial charge in [-0.1, -0.05) is 44.0 Å². The van der Waals surface area contributed by atoms with Crippen molar-refractivity contribution in [2.45, 2.75) is 51.0 Å². The third-order valence-corrected chi connectivity index (χ3v) is 3.84. The predicted molar refractivity (Wildman–Crippen MR) is 69.7 cm³/mol. The summed E-state index contributed by atoms with van der Waals surface area (Å²) in [6, 6.07) is 9.55. The minimum absolute atomic E-state index is 0.543. The van der Waals surface area contributed by atoms with Gasteiger partial charge in [0.15, 0.2) is 0 Å². The van der Waals surface area contributed by atoms with Crippen molar-refractivity contribution >= 4 is 0 Å².